The first-order valence-electron chi connectivity index (χ1n) is 8.22. The molecule has 2 aromatic rings. The molecule has 1 aliphatic rings. The van der Waals surface area contributed by atoms with Gasteiger partial charge in [-0.05, 0) is 35.1 Å². The van der Waals surface area contributed by atoms with E-state index < -0.39 is 0 Å². The van der Waals surface area contributed by atoms with Gasteiger partial charge in [-0.2, -0.15) is 0 Å². The second-order valence-corrected chi connectivity index (χ2v) is 5.75. The molecule has 0 aromatic heterocycles. The molecule has 2 nitrogen and oxygen atoms in total. The van der Waals surface area contributed by atoms with Gasteiger partial charge in [0.25, 0.3) is 0 Å². The number of hydrogen-bond acceptors (Lipinski definition) is 2. The lowest BCUT2D eigenvalue weighted by atomic mass is 9.98. The first kappa shape index (κ1) is 15.3. The summed E-state index contributed by atoms with van der Waals surface area (Å²) in [5, 5.41) is 0. The molecule has 0 radical (unpaired) electrons. The molecule has 3 rings (SSSR count). The minimum atomic E-state index is 0.0567. The lowest BCUT2D eigenvalue weighted by molar-refractivity contribution is -0.137. The van der Waals surface area contributed by atoms with E-state index in [0.29, 0.717) is 13.2 Å². The number of ether oxygens (including phenoxy) is 2. The van der Waals surface area contributed by atoms with Crippen molar-refractivity contribution in [2.45, 2.75) is 38.9 Å². The van der Waals surface area contributed by atoms with Crippen LogP contribution in [0.3, 0.4) is 0 Å². The quantitative estimate of drug-likeness (QED) is 0.818. The zero-order valence-electron chi connectivity index (χ0n) is 13.4. The third-order valence-electron chi connectivity index (χ3n) is 4.46. The van der Waals surface area contributed by atoms with E-state index in [9.17, 15) is 0 Å². The van der Waals surface area contributed by atoms with Crippen LogP contribution in [-0.2, 0) is 22.3 Å². The first-order valence-corrected chi connectivity index (χ1v) is 8.22. The van der Waals surface area contributed by atoms with E-state index in [1.54, 1.807) is 0 Å². The van der Waals surface area contributed by atoms with E-state index in [0.717, 1.165) is 12.8 Å². The third-order valence-corrected chi connectivity index (χ3v) is 4.46. The highest BCUT2D eigenvalue weighted by atomic mass is 16.6. The van der Waals surface area contributed by atoms with Gasteiger partial charge >= 0.3 is 0 Å². The van der Waals surface area contributed by atoms with Crippen LogP contribution in [-0.4, -0.2) is 13.2 Å². The van der Waals surface area contributed by atoms with Crippen LogP contribution < -0.4 is 0 Å². The van der Waals surface area contributed by atoms with Crippen LogP contribution in [0.4, 0.5) is 0 Å². The SMILES string of the molecule is CCc1ccccc1C1COC(c2ccccc2CC)CO1. The lowest BCUT2D eigenvalue weighted by Crippen LogP contribution is -2.26. The number of benzene rings is 2. The van der Waals surface area contributed by atoms with E-state index in [-0.39, 0.29) is 12.2 Å². The molecule has 1 fully saturated rings. The zero-order chi connectivity index (χ0) is 15.4. The maximum Gasteiger partial charge on any atom is 0.106 e. The minimum Gasteiger partial charge on any atom is -0.368 e. The fourth-order valence-corrected chi connectivity index (χ4v) is 3.20. The van der Waals surface area contributed by atoms with Crippen molar-refractivity contribution in [1.82, 2.24) is 0 Å². The van der Waals surface area contributed by atoms with Crippen LogP contribution in [0.15, 0.2) is 48.5 Å². The molecule has 0 aliphatic carbocycles. The molecule has 0 amide bonds. The fourth-order valence-electron chi connectivity index (χ4n) is 3.20. The van der Waals surface area contributed by atoms with Gasteiger partial charge in [-0.3, -0.25) is 0 Å². The second kappa shape index (κ2) is 7.08. The molecule has 2 aromatic carbocycles. The molecule has 0 N–H and O–H groups in total. The molecule has 2 atom stereocenters. The van der Waals surface area contributed by atoms with Crippen LogP contribution in [0.2, 0.25) is 0 Å². The first-order chi connectivity index (χ1) is 10.8. The van der Waals surface area contributed by atoms with Crippen LogP contribution >= 0.6 is 0 Å². The monoisotopic (exact) mass is 296 g/mol. The van der Waals surface area contributed by atoms with Crippen molar-refractivity contribution in [2.75, 3.05) is 13.2 Å². The van der Waals surface area contributed by atoms with E-state index in [1.165, 1.54) is 22.3 Å². The zero-order valence-corrected chi connectivity index (χ0v) is 13.4. The molecule has 0 spiro atoms. The highest BCUT2D eigenvalue weighted by Crippen LogP contribution is 2.32. The molecule has 2 heteroatoms. The van der Waals surface area contributed by atoms with E-state index in [1.807, 2.05) is 0 Å². The Morgan fingerprint density at radius 2 is 1.14 bits per heavy atom. The van der Waals surface area contributed by atoms with Crippen molar-refractivity contribution in [3.05, 3.63) is 70.8 Å². The Morgan fingerprint density at radius 3 is 1.50 bits per heavy atom. The van der Waals surface area contributed by atoms with Gasteiger partial charge in [0.1, 0.15) is 12.2 Å². The second-order valence-electron chi connectivity index (χ2n) is 5.75. The van der Waals surface area contributed by atoms with Gasteiger partial charge in [-0.1, -0.05) is 62.4 Å². The van der Waals surface area contributed by atoms with Gasteiger partial charge in [0.05, 0.1) is 13.2 Å². The van der Waals surface area contributed by atoms with Gasteiger partial charge in [-0.25, -0.2) is 0 Å². The maximum absolute atomic E-state index is 6.15. The molecule has 22 heavy (non-hydrogen) atoms. The van der Waals surface area contributed by atoms with Crippen molar-refractivity contribution >= 4 is 0 Å². The third kappa shape index (κ3) is 3.08. The Labute approximate surface area is 133 Å². The molecule has 116 valence electrons. The summed E-state index contributed by atoms with van der Waals surface area (Å²) in [7, 11) is 0. The average Bonchev–Trinajstić information content (AvgIpc) is 2.62. The largest absolute Gasteiger partial charge is 0.368 e. The predicted molar refractivity (Wildman–Crippen MR) is 89.0 cm³/mol. The van der Waals surface area contributed by atoms with Gasteiger partial charge in [0, 0.05) is 0 Å². The topological polar surface area (TPSA) is 18.5 Å². The molecular formula is C20H24O2. The normalized spacial score (nSPS) is 21.7. The number of hydrogen-bond donors (Lipinski definition) is 0. The van der Waals surface area contributed by atoms with E-state index >= 15 is 0 Å². The number of rotatable bonds is 4. The summed E-state index contributed by atoms with van der Waals surface area (Å²) < 4.78 is 12.3. The van der Waals surface area contributed by atoms with Gasteiger partial charge < -0.3 is 9.47 Å². The Hall–Kier alpha value is -1.64. The summed E-state index contributed by atoms with van der Waals surface area (Å²) >= 11 is 0. The molecule has 1 aliphatic heterocycles. The van der Waals surface area contributed by atoms with Gasteiger partial charge in [0.15, 0.2) is 0 Å². The minimum absolute atomic E-state index is 0.0567. The van der Waals surface area contributed by atoms with Crippen LogP contribution in [0.5, 0.6) is 0 Å². The van der Waals surface area contributed by atoms with Crippen LogP contribution in [0.1, 0.15) is 48.3 Å². The predicted octanol–water partition coefficient (Wildman–Crippen LogP) is 4.64. The Morgan fingerprint density at radius 1 is 0.727 bits per heavy atom. The Balaban J connectivity index is 1.73. The van der Waals surface area contributed by atoms with Crippen LogP contribution in [0.25, 0.3) is 0 Å². The molecule has 0 bridgehead atoms. The summed E-state index contributed by atoms with van der Waals surface area (Å²) in [4.78, 5) is 0. The standard InChI is InChI=1S/C20H24O2/c1-3-15-9-5-7-11-17(15)19-13-22-20(14-21-19)18-12-8-6-10-16(18)4-2/h5-12,19-20H,3-4,13-14H2,1-2H3. The smallest absolute Gasteiger partial charge is 0.106 e. The lowest BCUT2D eigenvalue weighted by Gasteiger charge is -2.32. The average molecular weight is 296 g/mol. The Bertz CT molecular complexity index is 557. The molecule has 1 heterocycles. The van der Waals surface area contributed by atoms with E-state index in [2.05, 4.69) is 62.4 Å². The molecule has 0 saturated carbocycles. The summed E-state index contributed by atoms with van der Waals surface area (Å²) in [5.41, 5.74) is 5.24. The summed E-state index contributed by atoms with van der Waals surface area (Å²) in [6.07, 6.45) is 2.17. The molecule has 1 saturated heterocycles. The van der Waals surface area contributed by atoms with Crippen molar-refractivity contribution in [2.24, 2.45) is 0 Å². The maximum atomic E-state index is 6.15. The van der Waals surface area contributed by atoms with Crippen molar-refractivity contribution in [3.8, 4) is 0 Å². The van der Waals surface area contributed by atoms with Gasteiger partial charge in [-0.15, -0.1) is 0 Å². The highest BCUT2D eigenvalue weighted by molar-refractivity contribution is 5.31. The number of aryl methyl sites for hydroxylation is 2. The fraction of sp³-hybridized carbons (Fsp3) is 0.400. The van der Waals surface area contributed by atoms with Crippen molar-refractivity contribution < 1.29 is 9.47 Å². The van der Waals surface area contributed by atoms with Crippen molar-refractivity contribution in [3.63, 3.8) is 0 Å². The van der Waals surface area contributed by atoms with Gasteiger partial charge in [0.2, 0.25) is 0 Å². The Kier molecular flexibility index (Phi) is 4.91. The summed E-state index contributed by atoms with van der Waals surface area (Å²) in [6, 6.07) is 17.0. The van der Waals surface area contributed by atoms with E-state index in [4.69, 9.17) is 9.47 Å². The molecule has 2 unspecified atom stereocenters. The summed E-state index contributed by atoms with van der Waals surface area (Å²) in [5.74, 6) is 0. The highest BCUT2D eigenvalue weighted by Gasteiger charge is 2.26. The summed E-state index contributed by atoms with van der Waals surface area (Å²) in [6.45, 7) is 5.62. The van der Waals surface area contributed by atoms with Crippen LogP contribution in [0, 0.1) is 0 Å². The molecular weight excluding hydrogens is 272 g/mol. The van der Waals surface area contributed by atoms with Crippen molar-refractivity contribution in [1.29, 1.82) is 0 Å².